The molecule has 0 saturated heterocycles. The molecular formula is C11H11NO2. The highest BCUT2D eigenvalue weighted by atomic mass is 16.6. The normalized spacial score (nSPS) is 14.6. The largest absolute Gasteiger partial charge is 0.259 e. The molecule has 2 rings (SSSR count). The lowest BCUT2D eigenvalue weighted by Crippen LogP contribution is -1.88. The monoisotopic (exact) mass is 189 g/mol. The minimum Gasteiger partial charge on any atom is -0.259 e. The zero-order chi connectivity index (χ0) is 9.97. The molecule has 1 aromatic rings. The van der Waals surface area contributed by atoms with E-state index in [4.69, 9.17) is 0 Å². The lowest BCUT2D eigenvalue weighted by atomic mass is 10.0. The molecule has 0 fully saturated rings. The van der Waals surface area contributed by atoms with Gasteiger partial charge in [0.2, 0.25) is 6.20 Å². The van der Waals surface area contributed by atoms with Crippen molar-refractivity contribution in [2.45, 2.75) is 19.3 Å². The van der Waals surface area contributed by atoms with Crippen LogP contribution in [0.4, 0.5) is 0 Å². The number of hydrogen-bond donors (Lipinski definition) is 0. The Kier molecular flexibility index (Phi) is 2.31. The molecular weight excluding hydrogens is 178 g/mol. The molecule has 0 heterocycles. The average molecular weight is 189 g/mol. The Morgan fingerprint density at radius 1 is 1.36 bits per heavy atom. The fourth-order valence-corrected chi connectivity index (χ4v) is 1.95. The van der Waals surface area contributed by atoms with Crippen molar-refractivity contribution in [1.82, 2.24) is 0 Å². The molecule has 3 heteroatoms. The third kappa shape index (κ3) is 1.66. The summed E-state index contributed by atoms with van der Waals surface area (Å²) in [5.41, 5.74) is 3.62. The summed E-state index contributed by atoms with van der Waals surface area (Å²) in [6.07, 6.45) is 5.92. The van der Waals surface area contributed by atoms with Crippen LogP contribution in [0.1, 0.15) is 23.1 Å². The van der Waals surface area contributed by atoms with Gasteiger partial charge in [-0.05, 0) is 36.0 Å². The Bertz CT molecular complexity index is 396. The van der Waals surface area contributed by atoms with Crippen molar-refractivity contribution >= 4 is 6.08 Å². The molecule has 1 aromatic carbocycles. The minimum atomic E-state index is -0.422. The van der Waals surface area contributed by atoms with Crippen LogP contribution in [0.15, 0.2) is 24.4 Å². The molecule has 3 nitrogen and oxygen atoms in total. The summed E-state index contributed by atoms with van der Waals surface area (Å²) in [6.45, 7) is 0. The maximum Gasteiger partial charge on any atom is 0.235 e. The van der Waals surface area contributed by atoms with Crippen LogP contribution < -0.4 is 0 Å². The summed E-state index contributed by atoms with van der Waals surface area (Å²) in [5.74, 6) is 0. The summed E-state index contributed by atoms with van der Waals surface area (Å²) >= 11 is 0. The van der Waals surface area contributed by atoms with E-state index in [0.717, 1.165) is 24.6 Å². The topological polar surface area (TPSA) is 43.1 Å². The smallest absolute Gasteiger partial charge is 0.235 e. The molecule has 14 heavy (non-hydrogen) atoms. The van der Waals surface area contributed by atoms with Crippen molar-refractivity contribution in [3.05, 3.63) is 51.2 Å². The number of aryl methyl sites for hydroxylation is 1. The van der Waals surface area contributed by atoms with Gasteiger partial charge < -0.3 is 0 Å². The van der Waals surface area contributed by atoms with E-state index >= 15 is 0 Å². The summed E-state index contributed by atoms with van der Waals surface area (Å²) in [5, 5.41) is 10.2. The van der Waals surface area contributed by atoms with Crippen LogP contribution in [0.25, 0.3) is 6.08 Å². The van der Waals surface area contributed by atoms with E-state index in [2.05, 4.69) is 6.07 Å². The van der Waals surface area contributed by atoms with Crippen molar-refractivity contribution in [3.8, 4) is 0 Å². The first-order valence-electron chi connectivity index (χ1n) is 4.70. The van der Waals surface area contributed by atoms with Crippen molar-refractivity contribution in [1.29, 1.82) is 0 Å². The molecule has 0 amide bonds. The highest BCUT2D eigenvalue weighted by Crippen LogP contribution is 2.25. The van der Waals surface area contributed by atoms with Crippen LogP contribution in [0.2, 0.25) is 0 Å². The van der Waals surface area contributed by atoms with Crippen LogP contribution in [-0.4, -0.2) is 4.92 Å². The lowest BCUT2D eigenvalue weighted by Gasteiger charge is -2.01. The fraction of sp³-hybridized carbons (Fsp3) is 0.273. The number of benzene rings is 1. The number of nitro groups is 1. The van der Waals surface area contributed by atoms with Gasteiger partial charge in [0.15, 0.2) is 0 Å². The highest BCUT2D eigenvalue weighted by molar-refractivity contribution is 5.56. The Morgan fingerprint density at radius 3 is 3.00 bits per heavy atom. The summed E-state index contributed by atoms with van der Waals surface area (Å²) < 4.78 is 0. The second-order valence-electron chi connectivity index (χ2n) is 3.44. The predicted molar refractivity (Wildman–Crippen MR) is 54.5 cm³/mol. The SMILES string of the molecule is O=[N+]([O-])/C=C/c1cccc2c1CCC2. The van der Waals surface area contributed by atoms with Crippen molar-refractivity contribution in [3.63, 3.8) is 0 Å². The Balaban J connectivity index is 2.35. The van der Waals surface area contributed by atoms with E-state index in [0.29, 0.717) is 0 Å². The van der Waals surface area contributed by atoms with E-state index < -0.39 is 4.92 Å². The molecule has 0 saturated carbocycles. The quantitative estimate of drug-likeness (QED) is 0.529. The van der Waals surface area contributed by atoms with Crippen LogP contribution in [0, 0.1) is 10.1 Å². The number of rotatable bonds is 2. The van der Waals surface area contributed by atoms with Crippen molar-refractivity contribution in [2.24, 2.45) is 0 Å². The Hall–Kier alpha value is -1.64. The third-order valence-corrected chi connectivity index (χ3v) is 2.56. The minimum absolute atomic E-state index is 0.422. The van der Waals surface area contributed by atoms with Gasteiger partial charge in [0.05, 0.1) is 4.92 Å². The zero-order valence-electron chi connectivity index (χ0n) is 7.77. The third-order valence-electron chi connectivity index (χ3n) is 2.56. The van der Waals surface area contributed by atoms with E-state index in [-0.39, 0.29) is 0 Å². The maximum absolute atomic E-state index is 10.2. The second kappa shape index (κ2) is 3.62. The molecule has 0 bridgehead atoms. The molecule has 1 aliphatic rings. The van der Waals surface area contributed by atoms with Gasteiger partial charge in [-0.1, -0.05) is 18.2 Å². The Morgan fingerprint density at radius 2 is 2.21 bits per heavy atom. The molecule has 0 aliphatic heterocycles. The van der Waals surface area contributed by atoms with Crippen LogP contribution >= 0.6 is 0 Å². The molecule has 1 aliphatic carbocycles. The first-order valence-corrected chi connectivity index (χ1v) is 4.70. The average Bonchev–Trinajstić information content (AvgIpc) is 2.62. The molecule has 0 N–H and O–H groups in total. The van der Waals surface area contributed by atoms with E-state index in [1.807, 2.05) is 12.1 Å². The van der Waals surface area contributed by atoms with Gasteiger partial charge in [0.1, 0.15) is 0 Å². The van der Waals surface area contributed by atoms with Gasteiger partial charge in [0.25, 0.3) is 0 Å². The summed E-state index contributed by atoms with van der Waals surface area (Å²) in [7, 11) is 0. The van der Waals surface area contributed by atoms with Crippen molar-refractivity contribution in [2.75, 3.05) is 0 Å². The van der Waals surface area contributed by atoms with Crippen LogP contribution in [-0.2, 0) is 12.8 Å². The molecule has 0 unspecified atom stereocenters. The van der Waals surface area contributed by atoms with Gasteiger partial charge in [-0.3, -0.25) is 10.1 Å². The van der Waals surface area contributed by atoms with Crippen molar-refractivity contribution < 1.29 is 4.92 Å². The standard InChI is InChI=1S/C11H11NO2/c13-12(14)8-7-10-4-1-3-9-5-2-6-11(9)10/h1,3-4,7-8H,2,5-6H2/b8-7+. The van der Waals surface area contributed by atoms with Gasteiger partial charge in [-0.2, -0.15) is 0 Å². The summed E-state index contributed by atoms with van der Waals surface area (Å²) in [4.78, 5) is 9.77. The predicted octanol–water partition coefficient (Wildman–Crippen LogP) is 2.42. The zero-order valence-corrected chi connectivity index (χ0v) is 7.77. The number of fused-ring (bicyclic) bond motifs is 1. The first kappa shape index (κ1) is 8.94. The van der Waals surface area contributed by atoms with E-state index in [9.17, 15) is 10.1 Å². The summed E-state index contributed by atoms with van der Waals surface area (Å²) in [6, 6.07) is 6.00. The first-order chi connectivity index (χ1) is 6.77. The molecule has 0 radical (unpaired) electrons. The molecule has 0 atom stereocenters. The molecule has 72 valence electrons. The van der Waals surface area contributed by atoms with Gasteiger partial charge in [-0.25, -0.2) is 0 Å². The number of hydrogen-bond acceptors (Lipinski definition) is 2. The fourth-order valence-electron chi connectivity index (χ4n) is 1.95. The second-order valence-corrected chi connectivity index (χ2v) is 3.44. The van der Waals surface area contributed by atoms with Gasteiger partial charge >= 0.3 is 0 Å². The Labute approximate surface area is 82.2 Å². The van der Waals surface area contributed by atoms with Gasteiger partial charge in [0, 0.05) is 6.08 Å². The van der Waals surface area contributed by atoms with Crippen LogP contribution in [0.3, 0.4) is 0 Å². The lowest BCUT2D eigenvalue weighted by molar-refractivity contribution is -0.400. The number of nitrogens with zero attached hydrogens (tertiary/aromatic N) is 1. The maximum atomic E-state index is 10.2. The van der Waals surface area contributed by atoms with E-state index in [1.54, 1.807) is 6.08 Å². The molecule has 0 spiro atoms. The highest BCUT2D eigenvalue weighted by Gasteiger charge is 2.12. The van der Waals surface area contributed by atoms with Crippen LogP contribution in [0.5, 0.6) is 0 Å². The van der Waals surface area contributed by atoms with E-state index in [1.165, 1.54) is 17.5 Å². The molecule has 0 aromatic heterocycles. The van der Waals surface area contributed by atoms with Gasteiger partial charge in [-0.15, -0.1) is 0 Å².